The maximum absolute atomic E-state index is 10.9. The zero-order chi connectivity index (χ0) is 15.1. The van der Waals surface area contributed by atoms with Gasteiger partial charge in [-0.25, -0.2) is 4.98 Å². The number of hydrogen-bond acceptors (Lipinski definition) is 5. The number of pyridine rings is 1. The van der Waals surface area contributed by atoms with Crippen LogP contribution in [0.2, 0.25) is 5.15 Å². The molecule has 0 fully saturated rings. The van der Waals surface area contributed by atoms with E-state index in [0.717, 1.165) is 16.7 Å². The molecule has 1 heterocycles. The minimum Gasteiger partial charge on any atom is -0.349 e. The lowest BCUT2D eigenvalue weighted by Gasteiger charge is -2.27. The molecule has 1 aromatic heterocycles. The molecule has 108 valence electrons. The van der Waals surface area contributed by atoms with E-state index in [-0.39, 0.29) is 5.82 Å². The van der Waals surface area contributed by atoms with Gasteiger partial charge in [0.05, 0.1) is 4.92 Å². The quantitative estimate of drug-likeness (QED) is 0.331. The highest BCUT2D eigenvalue weighted by molar-refractivity contribution is 6.29. The van der Waals surface area contributed by atoms with Crippen LogP contribution in [-0.2, 0) is 11.3 Å². The van der Waals surface area contributed by atoms with Crippen molar-refractivity contribution >= 4 is 18.0 Å². The average molecular weight is 299 g/mol. The van der Waals surface area contributed by atoms with Crippen LogP contribution < -0.4 is 0 Å². The summed E-state index contributed by atoms with van der Waals surface area (Å²) in [7, 11) is 1.46. The van der Waals surface area contributed by atoms with Gasteiger partial charge in [0, 0.05) is 26.3 Å². The summed E-state index contributed by atoms with van der Waals surface area (Å²) >= 11 is 5.71. The molecule has 0 N–H and O–H groups in total. The van der Waals surface area contributed by atoms with Gasteiger partial charge in [0.25, 0.3) is 6.20 Å². The topological polar surface area (TPSA) is 79.6 Å². The summed E-state index contributed by atoms with van der Waals surface area (Å²) < 4.78 is 0. The average Bonchev–Trinajstić information content (AvgIpc) is 2.43. The van der Waals surface area contributed by atoms with Crippen molar-refractivity contribution in [3.63, 3.8) is 0 Å². The lowest BCUT2D eigenvalue weighted by atomic mass is 10.2. The minimum atomic E-state index is -0.585. The Hall–Kier alpha value is -2.15. The number of aromatic nitrogens is 1. The first-order valence-electron chi connectivity index (χ1n) is 5.86. The van der Waals surface area contributed by atoms with E-state index in [9.17, 15) is 14.9 Å². The van der Waals surface area contributed by atoms with E-state index in [1.54, 1.807) is 23.2 Å². The number of halogens is 1. The van der Waals surface area contributed by atoms with E-state index in [0.29, 0.717) is 24.7 Å². The lowest BCUT2D eigenvalue weighted by molar-refractivity contribution is -0.405. The molecule has 0 saturated carbocycles. The van der Waals surface area contributed by atoms with Crippen LogP contribution in [-0.4, -0.2) is 39.7 Å². The van der Waals surface area contributed by atoms with Crippen molar-refractivity contribution in [1.29, 1.82) is 0 Å². The van der Waals surface area contributed by atoms with Crippen molar-refractivity contribution < 1.29 is 9.72 Å². The monoisotopic (exact) mass is 298 g/mol. The molecular formula is C12H15ClN4O3. The molecule has 20 heavy (non-hydrogen) atoms. The number of rotatable bonds is 7. The lowest BCUT2D eigenvalue weighted by Crippen LogP contribution is -2.33. The third-order valence-corrected chi connectivity index (χ3v) is 2.83. The van der Waals surface area contributed by atoms with Gasteiger partial charge in [-0.05, 0) is 18.6 Å². The SMILES string of the molecule is CCN(Cc1ccc(Cl)nc1)/C(=C/[N+](=O)[O-])N(C)C=O. The van der Waals surface area contributed by atoms with Gasteiger partial charge >= 0.3 is 0 Å². The van der Waals surface area contributed by atoms with E-state index < -0.39 is 4.92 Å². The predicted molar refractivity (Wildman–Crippen MR) is 74.2 cm³/mol. The fraction of sp³-hybridized carbons (Fsp3) is 0.333. The Kier molecular flexibility index (Phi) is 5.92. The second-order valence-corrected chi connectivity index (χ2v) is 4.38. The van der Waals surface area contributed by atoms with Crippen LogP contribution in [0.25, 0.3) is 0 Å². The third-order valence-electron chi connectivity index (χ3n) is 2.61. The van der Waals surface area contributed by atoms with E-state index in [4.69, 9.17) is 11.6 Å². The Labute approximate surface area is 121 Å². The van der Waals surface area contributed by atoms with Gasteiger partial charge in [0.2, 0.25) is 6.41 Å². The second-order valence-electron chi connectivity index (χ2n) is 3.99. The molecule has 1 rings (SSSR count). The van der Waals surface area contributed by atoms with Crippen LogP contribution in [0, 0.1) is 10.1 Å². The molecule has 8 heteroatoms. The Morgan fingerprint density at radius 2 is 2.25 bits per heavy atom. The Morgan fingerprint density at radius 3 is 2.70 bits per heavy atom. The molecule has 0 radical (unpaired) electrons. The van der Waals surface area contributed by atoms with E-state index in [1.807, 2.05) is 6.92 Å². The molecule has 0 bridgehead atoms. The molecule has 0 aromatic carbocycles. The van der Waals surface area contributed by atoms with E-state index in [1.165, 1.54) is 7.05 Å². The zero-order valence-corrected chi connectivity index (χ0v) is 11.9. The smallest absolute Gasteiger partial charge is 0.274 e. The van der Waals surface area contributed by atoms with Crippen LogP contribution in [0.5, 0.6) is 0 Å². The van der Waals surface area contributed by atoms with E-state index in [2.05, 4.69) is 4.98 Å². The highest BCUT2D eigenvalue weighted by atomic mass is 35.5. The summed E-state index contributed by atoms with van der Waals surface area (Å²) in [4.78, 5) is 27.8. The Bertz CT molecular complexity index is 504. The fourth-order valence-corrected chi connectivity index (χ4v) is 1.73. The standard InChI is InChI=1S/C12H15ClN4O3/c1-3-16(7-10-4-5-11(13)14-6-10)12(8-17(19)20)15(2)9-18/h4-6,8-9H,3,7H2,1-2H3/b12-8+. The van der Waals surface area contributed by atoms with Gasteiger partial charge in [-0.3, -0.25) is 19.8 Å². The first-order chi connectivity index (χ1) is 9.47. The molecule has 1 amide bonds. The van der Waals surface area contributed by atoms with Gasteiger partial charge in [-0.1, -0.05) is 17.7 Å². The molecule has 0 aliphatic rings. The zero-order valence-electron chi connectivity index (χ0n) is 11.2. The van der Waals surface area contributed by atoms with Crippen LogP contribution in [0.15, 0.2) is 30.4 Å². The number of carbonyl (C=O) groups is 1. The van der Waals surface area contributed by atoms with Crippen molar-refractivity contribution in [1.82, 2.24) is 14.8 Å². The van der Waals surface area contributed by atoms with Crippen LogP contribution >= 0.6 is 11.6 Å². The van der Waals surface area contributed by atoms with Gasteiger partial charge in [-0.2, -0.15) is 0 Å². The highest BCUT2D eigenvalue weighted by Crippen LogP contribution is 2.14. The first kappa shape index (κ1) is 15.9. The summed E-state index contributed by atoms with van der Waals surface area (Å²) in [6.45, 7) is 2.73. The molecule has 1 aromatic rings. The van der Waals surface area contributed by atoms with Gasteiger partial charge < -0.3 is 4.90 Å². The van der Waals surface area contributed by atoms with Gasteiger partial charge in [0.15, 0.2) is 5.82 Å². The van der Waals surface area contributed by atoms with Crippen LogP contribution in [0.1, 0.15) is 12.5 Å². The normalized spacial score (nSPS) is 11.1. The summed E-state index contributed by atoms with van der Waals surface area (Å²) in [5.74, 6) is 0.211. The second kappa shape index (κ2) is 7.44. The number of hydrogen-bond donors (Lipinski definition) is 0. The predicted octanol–water partition coefficient (Wildman–Crippen LogP) is 1.72. The number of nitrogens with zero attached hydrogens (tertiary/aromatic N) is 4. The maximum Gasteiger partial charge on any atom is 0.274 e. The molecule has 0 aliphatic heterocycles. The molecule has 0 spiro atoms. The maximum atomic E-state index is 10.9. The number of carbonyl (C=O) groups excluding carboxylic acids is 1. The molecule has 7 nitrogen and oxygen atoms in total. The molecular weight excluding hydrogens is 284 g/mol. The number of amides is 1. The van der Waals surface area contributed by atoms with Crippen molar-refractivity contribution in [3.05, 3.63) is 51.2 Å². The number of nitro groups is 1. The van der Waals surface area contributed by atoms with Crippen LogP contribution in [0.4, 0.5) is 0 Å². The molecule has 0 saturated heterocycles. The van der Waals surface area contributed by atoms with Crippen molar-refractivity contribution in [3.8, 4) is 0 Å². The summed E-state index contributed by atoms with van der Waals surface area (Å²) in [5.41, 5.74) is 0.838. The first-order valence-corrected chi connectivity index (χ1v) is 6.24. The largest absolute Gasteiger partial charge is 0.349 e. The van der Waals surface area contributed by atoms with Gasteiger partial charge in [-0.15, -0.1) is 0 Å². The highest BCUT2D eigenvalue weighted by Gasteiger charge is 2.16. The van der Waals surface area contributed by atoms with Crippen molar-refractivity contribution in [2.45, 2.75) is 13.5 Å². The summed E-state index contributed by atoms with van der Waals surface area (Å²) in [5, 5.41) is 11.1. The third kappa shape index (κ3) is 4.51. The van der Waals surface area contributed by atoms with Gasteiger partial charge in [0.1, 0.15) is 5.15 Å². The minimum absolute atomic E-state index is 0.211. The summed E-state index contributed by atoms with van der Waals surface area (Å²) in [6, 6.07) is 3.42. The van der Waals surface area contributed by atoms with Crippen molar-refractivity contribution in [2.75, 3.05) is 13.6 Å². The molecule has 0 aliphatic carbocycles. The van der Waals surface area contributed by atoms with Crippen molar-refractivity contribution in [2.24, 2.45) is 0 Å². The fourth-order valence-electron chi connectivity index (χ4n) is 1.62. The molecule has 0 unspecified atom stereocenters. The Balaban J connectivity index is 2.98. The summed E-state index contributed by atoms with van der Waals surface area (Å²) in [6.07, 6.45) is 2.93. The van der Waals surface area contributed by atoms with E-state index >= 15 is 0 Å². The Morgan fingerprint density at radius 1 is 1.55 bits per heavy atom. The van der Waals surface area contributed by atoms with Crippen LogP contribution in [0.3, 0.4) is 0 Å². The molecule has 0 atom stereocenters.